The first-order chi connectivity index (χ1) is 17.2. The van der Waals surface area contributed by atoms with E-state index in [0.717, 1.165) is 0 Å². The molecule has 190 valence electrons. The van der Waals surface area contributed by atoms with Crippen molar-refractivity contribution in [2.45, 2.75) is 22.6 Å². The maximum absolute atomic E-state index is 13.1. The summed E-state index contributed by atoms with van der Waals surface area (Å²) in [7, 11) is -6.16. The number of nitrogens with one attached hydrogen (secondary N) is 2. The number of ether oxygens (including phenoxy) is 1. The molecule has 1 unspecified atom stereocenters. The van der Waals surface area contributed by atoms with Gasteiger partial charge in [0, 0.05) is 31.2 Å². The molecule has 0 bridgehead atoms. The van der Waals surface area contributed by atoms with Gasteiger partial charge in [-0.15, -0.1) is 0 Å². The average molecular weight is 532 g/mol. The average Bonchev–Trinajstić information content (AvgIpc) is 2.89. The monoisotopic (exact) mass is 531 g/mol. The smallest absolute Gasteiger partial charge is 0.264 e. The van der Waals surface area contributed by atoms with Crippen molar-refractivity contribution in [3.8, 4) is 5.75 Å². The van der Waals surface area contributed by atoms with Crippen LogP contribution < -0.4 is 14.8 Å². The second kappa shape index (κ2) is 10.6. The van der Waals surface area contributed by atoms with Crippen molar-refractivity contribution in [2.75, 3.05) is 30.2 Å². The molecule has 2 aromatic carbocycles. The number of amides is 1. The third-order valence-corrected chi connectivity index (χ3v) is 8.90. The summed E-state index contributed by atoms with van der Waals surface area (Å²) in [4.78, 5) is 20.7. The molecule has 2 heterocycles. The Kier molecular flexibility index (Phi) is 7.52. The molecule has 1 aliphatic rings. The van der Waals surface area contributed by atoms with E-state index in [9.17, 15) is 21.6 Å². The number of carbonyl (C=O) groups is 1. The van der Waals surface area contributed by atoms with Gasteiger partial charge in [-0.25, -0.2) is 31.5 Å². The van der Waals surface area contributed by atoms with Crippen LogP contribution >= 0.6 is 0 Å². The summed E-state index contributed by atoms with van der Waals surface area (Å²) < 4.78 is 59.8. The van der Waals surface area contributed by atoms with E-state index in [4.69, 9.17) is 4.74 Å². The Hall–Kier alpha value is -3.55. The zero-order chi connectivity index (χ0) is 25.8. The molecule has 0 saturated carbocycles. The first-order valence-corrected chi connectivity index (χ1v) is 14.0. The highest BCUT2D eigenvalue weighted by molar-refractivity contribution is 7.92. The van der Waals surface area contributed by atoms with Gasteiger partial charge in [0.05, 0.1) is 22.8 Å². The van der Waals surface area contributed by atoms with Crippen LogP contribution in [0.25, 0.3) is 0 Å². The molecular formula is C23H25N5O6S2. The maximum atomic E-state index is 13.1. The Labute approximate surface area is 209 Å². The second-order valence-corrected chi connectivity index (χ2v) is 11.7. The molecule has 0 radical (unpaired) electrons. The molecule has 3 aromatic rings. The van der Waals surface area contributed by atoms with E-state index in [1.54, 1.807) is 18.2 Å². The van der Waals surface area contributed by atoms with Crippen LogP contribution in [-0.4, -0.2) is 57.2 Å². The lowest BCUT2D eigenvalue weighted by Gasteiger charge is -2.31. The van der Waals surface area contributed by atoms with E-state index in [-0.39, 0.29) is 28.2 Å². The van der Waals surface area contributed by atoms with Crippen LogP contribution in [0.2, 0.25) is 0 Å². The van der Waals surface area contributed by atoms with Crippen molar-refractivity contribution >= 4 is 37.6 Å². The van der Waals surface area contributed by atoms with Crippen molar-refractivity contribution in [3.63, 3.8) is 0 Å². The topological polar surface area (TPSA) is 148 Å². The van der Waals surface area contributed by atoms with Crippen LogP contribution in [0.3, 0.4) is 0 Å². The van der Waals surface area contributed by atoms with Gasteiger partial charge in [-0.3, -0.25) is 4.79 Å². The quantitative estimate of drug-likeness (QED) is 0.450. The Morgan fingerprint density at radius 2 is 1.61 bits per heavy atom. The van der Waals surface area contributed by atoms with E-state index in [1.165, 1.54) is 60.2 Å². The lowest BCUT2D eigenvalue weighted by molar-refractivity contribution is -0.120. The SMILES string of the molecule is COc1ccc(S(=O)(=O)N2CCCC(C(=O)Nc3ccc(S(=O)(=O)Nc4ncccn4)cc3)C2)cc1. The van der Waals surface area contributed by atoms with Gasteiger partial charge in [0.1, 0.15) is 5.75 Å². The molecule has 0 aliphatic carbocycles. The van der Waals surface area contributed by atoms with Crippen molar-refractivity contribution in [2.24, 2.45) is 5.92 Å². The number of rotatable bonds is 8. The molecule has 36 heavy (non-hydrogen) atoms. The minimum absolute atomic E-state index is 0.0256. The van der Waals surface area contributed by atoms with Crippen LogP contribution in [-0.2, 0) is 24.8 Å². The van der Waals surface area contributed by atoms with E-state index in [1.807, 2.05) is 0 Å². The van der Waals surface area contributed by atoms with E-state index in [0.29, 0.717) is 30.8 Å². The van der Waals surface area contributed by atoms with Gasteiger partial charge in [-0.2, -0.15) is 4.31 Å². The summed E-state index contributed by atoms with van der Waals surface area (Å²) >= 11 is 0. The Morgan fingerprint density at radius 3 is 2.25 bits per heavy atom. The molecule has 1 aromatic heterocycles. The molecule has 13 heteroatoms. The van der Waals surface area contributed by atoms with Crippen LogP contribution in [0.15, 0.2) is 76.8 Å². The van der Waals surface area contributed by atoms with Crippen molar-refractivity contribution in [3.05, 3.63) is 67.0 Å². The second-order valence-electron chi connectivity index (χ2n) is 8.07. The lowest BCUT2D eigenvalue weighted by Crippen LogP contribution is -2.43. The Morgan fingerprint density at radius 1 is 0.972 bits per heavy atom. The fourth-order valence-electron chi connectivity index (χ4n) is 3.76. The van der Waals surface area contributed by atoms with E-state index in [2.05, 4.69) is 20.0 Å². The molecular weight excluding hydrogens is 506 g/mol. The molecule has 1 atom stereocenters. The number of methoxy groups -OCH3 is 1. The Balaban J connectivity index is 1.40. The summed E-state index contributed by atoms with van der Waals surface area (Å²) in [6.07, 6.45) is 3.90. The number of piperidine rings is 1. The standard InChI is InChI=1S/C23H25N5O6S2/c1-34-19-7-11-21(12-8-19)36(32,33)28-15-2-4-17(16-28)22(29)26-18-5-9-20(10-6-18)35(30,31)27-23-24-13-3-14-25-23/h3,5-14,17H,2,4,15-16H2,1H3,(H,26,29)(H,24,25,27). The van der Waals surface area contributed by atoms with Crippen molar-refractivity contribution in [1.82, 2.24) is 14.3 Å². The fraction of sp³-hybridized carbons (Fsp3) is 0.261. The first kappa shape index (κ1) is 25.5. The van der Waals surface area contributed by atoms with E-state index >= 15 is 0 Å². The fourth-order valence-corrected chi connectivity index (χ4v) is 6.25. The third kappa shape index (κ3) is 5.80. The van der Waals surface area contributed by atoms with Crippen LogP contribution in [0.1, 0.15) is 12.8 Å². The predicted octanol–water partition coefficient (Wildman–Crippen LogP) is 2.33. The lowest BCUT2D eigenvalue weighted by atomic mass is 9.99. The van der Waals surface area contributed by atoms with Crippen LogP contribution in [0.4, 0.5) is 11.6 Å². The number of benzene rings is 2. The molecule has 1 fully saturated rings. The number of hydrogen-bond acceptors (Lipinski definition) is 8. The highest BCUT2D eigenvalue weighted by Crippen LogP contribution is 2.26. The largest absolute Gasteiger partial charge is 0.497 e. The minimum Gasteiger partial charge on any atom is -0.497 e. The van der Waals surface area contributed by atoms with Gasteiger partial charge in [-0.05, 0) is 67.4 Å². The highest BCUT2D eigenvalue weighted by Gasteiger charge is 2.33. The van der Waals surface area contributed by atoms with Gasteiger partial charge in [0.25, 0.3) is 10.0 Å². The van der Waals surface area contributed by atoms with Crippen LogP contribution in [0, 0.1) is 5.92 Å². The summed E-state index contributed by atoms with van der Waals surface area (Å²) in [5, 5.41) is 2.75. The normalized spacial score (nSPS) is 16.8. The summed E-state index contributed by atoms with van der Waals surface area (Å²) in [5.41, 5.74) is 0.394. The predicted molar refractivity (Wildman–Crippen MR) is 132 cm³/mol. The van der Waals surface area contributed by atoms with E-state index < -0.39 is 26.0 Å². The first-order valence-electron chi connectivity index (χ1n) is 11.0. The maximum Gasteiger partial charge on any atom is 0.264 e. The van der Waals surface area contributed by atoms with Gasteiger partial charge < -0.3 is 10.1 Å². The number of carbonyl (C=O) groups excluding carboxylic acids is 1. The van der Waals surface area contributed by atoms with Crippen molar-refractivity contribution < 1.29 is 26.4 Å². The molecule has 0 spiro atoms. The molecule has 11 nitrogen and oxygen atoms in total. The molecule has 1 saturated heterocycles. The zero-order valence-electron chi connectivity index (χ0n) is 19.4. The van der Waals surface area contributed by atoms with Gasteiger partial charge in [0.2, 0.25) is 21.9 Å². The summed E-state index contributed by atoms with van der Waals surface area (Å²) in [6.45, 7) is 0.372. The van der Waals surface area contributed by atoms with Gasteiger partial charge in [0.15, 0.2) is 0 Å². The van der Waals surface area contributed by atoms with Crippen LogP contribution in [0.5, 0.6) is 5.75 Å². The number of anilines is 2. The zero-order valence-corrected chi connectivity index (χ0v) is 21.0. The number of nitrogens with zero attached hydrogens (tertiary/aromatic N) is 3. The molecule has 4 rings (SSSR count). The molecule has 1 aliphatic heterocycles. The number of aromatic nitrogens is 2. The number of sulfonamides is 2. The van der Waals surface area contributed by atoms with Crippen molar-refractivity contribution in [1.29, 1.82) is 0 Å². The molecule has 1 amide bonds. The number of hydrogen-bond donors (Lipinski definition) is 2. The van der Waals surface area contributed by atoms with Gasteiger partial charge in [-0.1, -0.05) is 0 Å². The van der Waals surface area contributed by atoms with Gasteiger partial charge >= 0.3 is 0 Å². The third-order valence-electron chi connectivity index (χ3n) is 5.68. The summed E-state index contributed by atoms with van der Waals surface area (Å²) in [5.74, 6) is -0.391. The minimum atomic E-state index is -3.90. The molecule has 2 N–H and O–H groups in total. The Bertz CT molecular complexity index is 1410. The highest BCUT2D eigenvalue weighted by atomic mass is 32.2. The summed E-state index contributed by atoms with van der Waals surface area (Å²) in [6, 6.07) is 13.3.